The first-order valence-electron chi connectivity index (χ1n) is 6.85. The zero-order chi connectivity index (χ0) is 16.4. The number of fused-ring (bicyclic) bond motifs is 1. The van der Waals surface area contributed by atoms with Gasteiger partial charge in [0.25, 0.3) is 5.69 Å². The molecule has 0 bridgehead atoms. The average Bonchev–Trinajstić information content (AvgIpc) is 3.00. The molecule has 3 rings (SSSR count). The number of hydrogen-bond acceptors (Lipinski definition) is 6. The van der Waals surface area contributed by atoms with Gasteiger partial charge in [0.05, 0.1) is 11.0 Å². The standard InChI is InChI=1S/C16H13NO6/c1-10-2-4-11(5-3-10)8-21-16(18)12-6-14-15(23-9-22-14)7-13(12)17(19)20/h2-7H,8-9H2,1H3. The summed E-state index contributed by atoms with van der Waals surface area (Å²) >= 11 is 0. The van der Waals surface area contributed by atoms with Gasteiger partial charge in [0, 0.05) is 6.07 Å². The second kappa shape index (κ2) is 5.96. The molecule has 23 heavy (non-hydrogen) atoms. The van der Waals surface area contributed by atoms with Crippen LogP contribution in [0.25, 0.3) is 0 Å². The third-order valence-electron chi connectivity index (χ3n) is 3.40. The van der Waals surface area contributed by atoms with E-state index in [0.717, 1.165) is 11.1 Å². The van der Waals surface area contributed by atoms with Crippen LogP contribution in [-0.2, 0) is 11.3 Å². The van der Waals surface area contributed by atoms with Crippen molar-refractivity contribution in [3.8, 4) is 11.5 Å². The Balaban J connectivity index is 1.81. The highest BCUT2D eigenvalue weighted by atomic mass is 16.7. The number of hydrogen-bond donors (Lipinski definition) is 0. The molecule has 0 saturated heterocycles. The summed E-state index contributed by atoms with van der Waals surface area (Å²) in [5.74, 6) is -0.250. The fourth-order valence-electron chi connectivity index (χ4n) is 2.16. The molecule has 1 aliphatic heterocycles. The Bertz CT molecular complexity index is 769. The van der Waals surface area contributed by atoms with Gasteiger partial charge in [0.2, 0.25) is 6.79 Å². The van der Waals surface area contributed by atoms with Crippen LogP contribution in [0.2, 0.25) is 0 Å². The molecule has 0 fully saturated rings. The Hall–Kier alpha value is -3.09. The molecule has 0 aliphatic carbocycles. The minimum atomic E-state index is -0.782. The highest BCUT2D eigenvalue weighted by molar-refractivity contribution is 5.95. The van der Waals surface area contributed by atoms with Crippen molar-refractivity contribution in [3.63, 3.8) is 0 Å². The van der Waals surface area contributed by atoms with E-state index >= 15 is 0 Å². The van der Waals surface area contributed by atoms with Gasteiger partial charge in [-0.3, -0.25) is 10.1 Å². The number of nitro groups is 1. The maximum Gasteiger partial charge on any atom is 0.345 e. The molecule has 0 N–H and O–H groups in total. The molecule has 0 unspecified atom stereocenters. The van der Waals surface area contributed by atoms with Gasteiger partial charge < -0.3 is 14.2 Å². The van der Waals surface area contributed by atoms with Crippen LogP contribution in [0.1, 0.15) is 21.5 Å². The predicted octanol–water partition coefficient (Wildman–Crippen LogP) is 2.99. The third-order valence-corrected chi connectivity index (χ3v) is 3.40. The highest BCUT2D eigenvalue weighted by Gasteiger charge is 2.28. The van der Waals surface area contributed by atoms with E-state index in [9.17, 15) is 14.9 Å². The summed E-state index contributed by atoms with van der Waals surface area (Å²) in [7, 11) is 0. The summed E-state index contributed by atoms with van der Waals surface area (Å²) in [6.07, 6.45) is 0. The molecule has 0 radical (unpaired) electrons. The minimum absolute atomic E-state index is 0.0324. The molecule has 0 saturated carbocycles. The largest absolute Gasteiger partial charge is 0.457 e. The Morgan fingerprint density at radius 1 is 1.22 bits per heavy atom. The zero-order valence-electron chi connectivity index (χ0n) is 12.3. The lowest BCUT2D eigenvalue weighted by Gasteiger charge is -2.07. The van der Waals surface area contributed by atoms with Crippen molar-refractivity contribution in [2.75, 3.05) is 6.79 Å². The summed E-state index contributed by atoms with van der Waals surface area (Å²) in [5, 5.41) is 11.1. The monoisotopic (exact) mass is 315 g/mol. The van der Waals surface area contributed by atoms with Crippen LogP contribution < -0.4 is 9.47 Å². The second-order valence-electron chi connectivity index (χ2n) is 5.04. The van der Waals surface area contributed by atoms with Crippen LogP contribution in [0.4, 0.5) is 5.69 Å². The van der Waals surface area contributed by atoms with E-state index in [4.69, 9.17) is 14.2 Å². The topological polar surface area (TPSA) is 87.9 Å². The smallest absolute Gasteiger partial charge is 0.345 e. The Morgan fingerprint density at radius 3 is 2.52 bits per heavy atom. The lowest BCUT2D eigenvalue weighted by molar-refractivity contribution is -0.385. The third kappa shape index (κ3) is 3.08. The molecule has 0 aromatic heterocycles. The number of aryl methyl sites for hydroxylation is 1. The van der Waals surface area contributed by atoms with Gasteiger partial charge in [-0.25, -0.2) is 4.79 Å². The number of rotatable bonds is 4. The summed E-state index contributed by atoms with van der Waals surface area (Å²) in [6.45, 7) is 1.95. The van der Waals surface area contributed by atoms with Crippen LogP contribution in [0, 0.1) is 17.0 Å². The number of carbonyl (C=O) groups excluding carboxylic acids is 1. The first kappa shape index (κ1) is 14.8. The number of nitro benzene ring substituents is 1. The maximum absolute atomic E-state index is 12.2. The summed E-state index contributed by atoms with van der Waals surface area (Å²) in [4.78, 5) is 22.7. The molecule has 1 aliphatic rings. The van der Waals surface area contributed by atoms with Crippen molar-refractivity contribution in [1.82, 2.24) is 0 Å². The molecule has 0 amide bonds. The van der Waals surface area contributed by atoms with E-state index in [0.29, 0.717) is 0 Å². The average molecular weight is 315 g/mol. The van der Waals surface area contributed by atoms with Crippen LogP contribution in [-0.4, -0.2) is 17.7 Å². The van der Waals surface area contributed by atoms with E-state index in [1.807, 2.05) is 31.2 Å². The van der Waals surface area contributed by atoms with E-state index in [-0.39, 0.29) is 36.1 Å². The fraction of sp³-hybridized carbons (Fsp3) is 0.188. The van der Waals surface area contributed by atoms with Crippen molar-refractivity contribution in [3.05, 3.63) is 63.2 Å². The zero-order valence-corrected chi connectivity index (χ0v) is 12.3. The number of carbonyl (C=O) groups is 1. The lowest BCUT2D eigenvalue weighted by Crippen LogP contribution is -2.08. The molecule has 2 aromatic rings. The van der Waals surface area contributed by atoms with Gasteiger partial charge in [0.15, 0.2) is 11.5 Å². The molecular formula is C16H13NO6. The normalized spacial score (nSPS) is 12.0. The number of ether oxygens (including phenoxy) is 3. The van der Waals surface area contributed by atoms with Crippen LogP contribution >= 0.6 is 0 Å². The fourth-order valence-corrected chi connectivity index (χ4v) is 2.16. The van der Waals surface area contributed by atoms with Crippen molar-refractivity contribution in [1.29, 1.82) is 0 Å². The first-order valence-corrected chi connectivity index (χ1v) is 6.85. The van der Waals surface area contributed by atoms with Crippen LogP contribution in [0.3, 0.4) is 0 Å². The number of esters is 1. The molecular weight excluding hydrogens is 302 g/mol. The molecule has 0 atom stereocenters. The summed E-state index contributed by atoms with van der Waals surface area (Å²) in [5.41, 5.74) is 1.35. The summed E-state index contributed by atoms with van der Waals surface area (Å²) in [6, 6.07) is 9.90. The van der Waals surface area contributed by atoms with Gasteiger partial charge in [-0.05, 0) is 12.5 Å². The second-order valence-corrected chi connectivity index (χ2v) is 5.04. The Labute approximate surface area is 131 Å². The predicted molar refractivity (Wildman–Crippen MR) is 79.5 cm³/mol. The van der Waals surface area contributed by atoms with Crippen molar-refractivity contribution < 1.29 is 23.9 Å². The van der Waals surface area contributed by atoms with Crippen molar-refractivity contribution >= 4 is 11.7 Å². The Kier molecular flexibility index (Phi) is 3.84. The molecule has 7 heteroatoms. The van der Waals surface area contributed by atoms with Gasteiger partial charge in [-0.2, -0.15) is 0 Å². The van der Waals surface area contributed by atoms with E-state index < -0.39 is 10.9 Å². The quantitative estimate of drug-likeness (QED) is 0.489. The molecule has 7 nitrogen and oxygen atoms in total. The number of nitrogens with zero attached hydrogens (tertiary/aromatic N) is 1. The van der Waals surface area contributed by atoms with Crippen LogP contribution in [0.15, 0.2) is 36.4 Å². The summed E-state index contributed by atoms with van der Waals surface area (Å²) < 4.78 is 15.4. The van der Waals surface area contributed by atoms with Crippen molar-refractivity contribution in [2.45, 2.75) is 13.5 Å². The molecule has 2 aromatic carbocycles. The van der Waals surface area contributed by atoms with E-state index in [2.05, 4.69) is 0 Å². The van der Waals surface area contributed by atoms with Gasteiger partial charge in [-0.15, -0.1) is 0 Å². The van der Waals surface area contributed by atoms with Gasteiger partial charge >= 0.3 is 5.97 Å². The maximum atomic E-state index is 12.2. The van der Waals surface area contributed by atoms with Crippen LogP contribution in [0.5, 0.6) is 11.5 Å². The first-order chi connectivity index (χ1) is 11.0. The minimum Gasteiger partial charge on any atom is -0.457 e. The Morgan fingerprint density at radius 2 is 1.87 bits per heavy atom. The van der Waals surface area contributed by atoms with Gasteiger partial charge in [-0.1, -0.05) is 29.8 Å². The molecule has 1 heterocycles. The van der Waals surface area contributed by atoms with Gasteiger partial charge in [0.1, 0.15) is 12.2 Å². The molecule has 0 spiro atoms. The van der Waals surface area contributed by atoms with E-state index in [1.54, 1.807) is 0 Å². The van der Waals surface area contributed by atoms with E-state index in [1.165, 1.54) is 12.1 Å². The SMILES string of the molecule is Cc1ccc(COC(=O)c2cc3c(cc2[N+](=O)[O-])OCO3)cc1. The molecule has 118 valence electrons. The number of benzene rings is 2. The lowest BCUT2D eigenvalue weighted by atomic mass is 10.1. The highest BCUT2D eigenvalue weighted by Crippen LogP contribution is 2.38. The van der Waals surface area contributed by atoms with Crippen molar-refractivity contribution in [2.24, 2.45) is 0 Å².